The van der Waals surface area contributed by atoms with Crippen LogP contribution in [0.1, 0.15) is 27.7 Å². The SMILES string of the molecule is CC1(C)O[C@H]([C@H]2CO2)[C@@H]([C@H]2COC(C)(C)O2)O1. The van der Waals surface area contributed by atoms with E-state index in [1.54, 1.807) is 0 Å². The maximum atomic E-state index is 5.93. The van der Waals surface area contributed by atoms with Gasteiger partial charge in [-0.05, 0) is 27.7 Å². The second kappa shape index (κ2) is 3.65. The number of rotatable bonds is 2. The van der Waals surface area contributed by atoms with Crippen LogP contribution in [0.15, 0.2) is 0 Å². The molecule has 0 amide bonds. The molecule has 0 aliphatic carbocycles. The van der Waals surface area contributed by atoms with E-state index in [1.807, 2.05) is 27.7 Å². The van der Waals surface area contributed by atoms with Crippen LogP contribution in [-0.2, 0) is 23.7 Å². The Morgan fingerprint density at radius 1 is 0.765 bits per heavy atom. The van der Waals surface area contributed by atoms with E-state index in [9.17, 15) is 0 Å². The van der Waals surface area contributed by atoms with E-state index in [2.05, 4.69) is 0 Å². The molecule has 3 fully saturated rings. The first kappa shape index (κ1) is 11.9. The van der Waals surface area contributed by atoms with Crippen LogP contribution in [0, 0.1) is 0 Å². The van der Waals surface area contributed by atoms with Crippen molar-refractivity contribution in [3.63, 3.8) is 0 Å². The van der Waals surface area contributed by atoms with Crippen LogP contribution < -0.4 is 0 Å². The Balaban J connectivity index is 1.73. The molecule has 0 spiro atoms. The summed E-state index contributed by atoms with van der Waals surface area (Å²) in [6, 6.07) is 0. The summed E-state index contributed by atoms with van der Waals surface area (Å²) in [6.07, 6.45) is -0.0955. The van der Waals surface area contributed by atoms with Crippen LogP contribution in [-0.4, -0.2) is 49.2 Å². The summed E-state index contributed by atoms with van der Waals surface area (Å²) in [6.45, 7) is 8.96. The van der Waals surface area contributed by atoms with Crippen molar-refractivity contribution in [1.29, 1.82) is 0 Å². The van der Waals surface area contributed by atoms with Gasteiger partial charge in [0.25, 0.3) is 0 Å². The lowest BCUT2D eigenvalue weighted by Gasteiger charge is -2.23. The summed E-state index contributed by atoms with van der Waals surface area (Å²) >= 11 is 0. The molecule has 0 N–H and O–H groups in total. The fourth-order valence-electron chi connectivity index (χ4n) is 2.51. The molecule has 4 atom stereocenters. The Hall–Kier alpha value is -0.200. The molecule has 5 heteroatoms. The molecule has 3 rings (SSSR count). The van der Waals surface area contributed by atoms with E-state index in [-0.39, 0.29) is 24.4 Å². The van der Waals surface area contributed by atoms with Crippen LogP contribution in [0.2, 0.25) is 0 Å². The summed E-state index contributed by atoms with van der Waals surface area (Å²) in [4.78, 5) is 0. The number of hydrogen-bond donors (Lipinski definition) is 0. The third kappa shape index (κ3) is 2.35. The normalized spacial score (nSPS) is 47.3. The predicted molar refractivity (Wildman–Crippen MR) is 58.5 cm³/mol. The van der Waals surface area contributed by atoms with E-state index < -0.39 is 11.6 Å². The molecule has 3 saturated heterocycles. The van der Waals surface area contributed by atoms with Crippen LogP contribution in [0.4, 0.5) is 0 Å². The third-order valence-electron chi connectivity index (χ3n) is 3.29. The Kier molecular flexibility index (Phi) is 2.55. The molecule has 0 unspecified atom stereocenters. The van der Waals surface area contributed by atoms with Crippen molar-refractivity contribution in [1.82, 2.24) is 0 Å². The highest BCUT2D eigenvalue weighted by atomic mass is 16.8. The van der Waals surface area contributed by atoms with Crippen LogP contribution in [0.3, 0.4) is 0 Å². The van der Waals surface area contributed by atoms with E-state index in [1.165, 1.54) is 0 Å². The van der Waals surface area contributed by atoms with E-state index in [0.717, 1.165) is 6.61 Å². The molecule has 3 aliphatic rings. The van der Waals surface area contributed by atoms with Gasteiger partial charge in [0.1, 0.15) is 24.4 Å². The van der Waals surface area contributed by atoms with E-state index in [4.69, 9.17) is 23.7 Å². The van der Waals surface area contributed by atoms with Gasteiger partial charge < -0.3 is 23.7 Å². The number of epoxide rings is 1. The molecular formula is C12H20O5. The van der Waals surface area contributed by atoms with Gasteiger partial charge in [-0.3, -0.25) is 0 Å². The summed E-state index contributed by atoms with van der Waals surface area (Å²) < 4.78 is 28.6. The summed E-state index contributed by atoms with van der Waals surface area (Å²) in [7, 11) is 0. The molecule has 0 aromatic heterocycles. The van der Waals surface area contributed by atoms with Gasteiger partial charge in [0.05, 0.1) is 13.2 Å². The lowest BCUT2D eigenvalue weighted by Crippen LogP contribution is -2.40. The van der Waals surface area contributed by atoms with Crippen LogP contribution >= 0.6 is 0 Å². The molecule has 0 aromatic carbocycles. The Labute approximate surface area is 101 Å². The van der Waals surface area contributed by atoms with Gasteiger partial charge in [-0.2, -0.15) is 0 Å². The van der Waals surface area contributed by atoms with Crippen molar-refractivity contribution in [3.05, 3.63) is 0 Å². The molecule has 98 valence electrons. The minimum absolute atomic E-state index is 0.0486. The monoisotopic (exact) mass is 244 g/mol. The summed E-state index contributed by atoms with van der Waals surface area (Å²) in [5, 5.41) is 0. The molecule has 17 heavy (non-hydrogen) atoms. The van der Waals surface area contributed by atoms with Crippen molar-refractivity contribution >= 4 is 0 Å². The largest absolute Gasteiger partial charge is 0.370 e. The molecule has 3 aliphatic heterocycles. The highest BCUT2D eigenvalue weighted by molar-refractivity contribution is 4.97. The first-order chi connectivity index (χ1) is 7.86. The van der Waals surface area contributed by atoms with E-state index in [0.29, 0.717) is 6.61 Å². The van der Waals surface area contributed by atoms with Crippen molar-refractivity contribution in [2.24, 2.45) is 0 Å². The molecule has 0 saturated carbocycles. The molecule has 3 heterocycles. The average molecular weight is 244 g/mol. The van der Waals surface area contributed by atoms with Crippen molar-refractivity contribution in [2.45, 2.75) is 63.7 Å². The minimum atomic E-state index is -0.572. The summed E-state index contributed by atoms with van der Waals surface area (Å²) in [5.41, 5.74) is 0. The van der Waals surface area contributed by atoms with Crippen molar-refractivity contribution in [2.75, 3.05) is 13.2 Å². The third-order valence-corrected chi connectivity index (χ3v) is 3.29. The number of hydrogen-bond acceptors (Lipinski definition) is 5. The lowest BCUT2D eigenvalue weighted by molar-refractivity contribution is -0.174. The first-order valence-corrected chi connectivity index (χ1v) is 6.15. The van der Waals surface area contributed by atoms with Crippen molar-refractivity contribution < 1.29 is 23.7 Å². The van der Waals surface area contributed by atoms with Crippen LogP contribution in [0.25, 0.3) is 0 Å². The second-order valence-electron chi connectivity index (χ2n) is 5.80. The topological polar surface area (TPSA) is 49.5 Å². The highest BCUT2D eigenvalue weighted by Gasteiger charge is 2.55. The fraction of sp³-hybridized carbons (Fsp3) is 1.00. The fourth-order valence-corrected chi connectivity index (χ4v) is 2.51. The van der Waals surface area contributed by atoms with Gasteiger partial charge >= 0.3 is 0 Å². The molecular weight excluding hydrogens is 224 g/mol. The van der Waals surface area contributed by atoms with Crippen molar-refractivity contribution in [3.8, 4) is 0 Å². The zero-order chi connectivity index (χ0) is 12.3. The van der Waals surface area contributed by atoms with E-state index >= 15 is 0 Å². The zero-order valence-corrected chi connectivity index (χ0v) is 10.8. The highest BCUT2D eigenvalue weighted by Crippen LogP contribution is 2.39. The lowest BCUT2D eigenvalue weighted by atomic mass is 10.1. The molecule has 0 bridgehead atoms. The maximum Gasteiger partial charge on any atom is 0.164 e. The molecule has 0 aromatic rings. The Bertz CT molecular complexity index is 310. The van der Waals surface area contributed by atoms with Gasteiger partial charge in [-0.25, -0.2) is 0 Å². The van der Waals surface area contributed by atoms with Gasteiger partial charge in [0.2, 0.25) is 0 Å². The maximum absolute atomic E-state index is 5.93. The molecule has 5 nitrogen and oxygen atoms in total. The first-order valence-electron chi connectivity index (χ1n) is 6.15. The van der Waals surface area contributed by atoms with Gasteiger partial charge in [-0.1, -0.05) is 0 Å². The van der Waals surface area contributed by atoms with Gasteiger partial charge in [0.15, 0.2) is 11.6 Å². The zero-order valence-electron chi connectivity index (χ0n) is 10.8. The molecule has 0 radical (unpaired) electrons. The minimum Gasteiger partial charge on any atom is -0.370 e. The Morgan fingerprint density at radius 3 is 1.82 bits per heavy atom. The van der Waals surface area contributed by atoms with Gasteiger partial charge in [0, 0.05) is 0 Å². The average Bonchev–Trinajstić information content (AvgIpc) is 2.90. The standard InChI is InChI=1S/C12H20O5/c1-11(2)14-6-8(15-11)10-9(7-5-13-7)16-12(3,4)17-10/h7-10H,5-6H2,1-4H3/t7-,8-,9-,10-/m1/s1. The Morgan fingerprint density at radius 2 is 1.35 bits per heavy atom. The van der Waals surface area contributed by atoms with Gasteiger partial charge in [-0.15, -0.1) is 0 Å². The second-order valence-corrected chi connectivity index (χ2v) is 5.80. The smallest absolute Gasteiger partial charge is 0.164 e. The van der Waals surface area contributed by atoms with Crippen LogP contribution in [0.5, 0.6) is 0 Å². The summed E-state index contributed by atoms with van der Waals surface area (Å²) in [5.74, 6) is -1.10. The predicted octanol–water partition coefficient (Wildman–Crippen LogP) is 1.06. The quantitative estimate of drug-likeness (QED) is 0.680. The number of ether oxygens (including phenoxy) is 5.